The first kappa shape index (κ1) is 13.5. The van der Waals surface area contributed by atoms with Crippen LogP contribution in [0.3, 0.4) is 0 Å². The molecule has 1 aromatic rings. The summed E-state index contributed by atoms with van der Waals surface area (Å²) in [5.74, 6) is -0.131. The first-order valence-corrected chi connectivity index (χ1v) is 6.02. The highest BCUT2D eigenvalue weighted by Crippen LogP contribution is 2.29. The Morgan fingerprint density at radius 2 is 2.21 bits per heavy atom. The van der Waals surface area contributed by atoms with Crippen molar-refractivity contribution in [3.05, 3.63) is 22.7 Å². The van der Waals surface area contributed by atoms with Gasteiger partial charge in [-0.15, -0.1) is 0 Å². The van der Waals surface area contributed by atoms with E-state index in [0.717, 1.165) is 0 Å². The van der Waals surface area contributed by atoms with Gasteiger partial charge in [0.25, 0.3) is 11.5 Å². The third-order valence-electron chi connectivity index (χ3n) is 3.30. The molecule has 0 radical (unpaired) electrons. The molecule has 0 spiro atoms. The molecule has 2 rings (SSSR count). The molecule has 1 aliphatic rings. The fourth-order valence-corrected chi connectivity index (χ4v) is 2.17. The molecule has 0 N–H and O–H groups in total. The monoisotopic (exact) mass is 268 g/mol. The third kappa shape index (κ3) is 2.45. The van der Waals surface area contributed by atoms with E-state index in [1.807, 2.05) is 0 Å². The van der Waals surface area contributed by atoms with Gasteiger partial charge >= 0.3 is 0 Å². The van der Waals surface area contributed by atoms with E-state index < -0.39 is 11.6 Å². The molecule has 1 fully saturated rings. The van der Waals surface area contributed by atoms with Crippen molar-refractivity contribution < 1.29 is 9.18 Å². The summed E-state index contributed by atoms with van der Waals surface area (Å²) in [5, 5.41) is 0. The van der Waals surface area contributed by atoms with Crippen molar-refractivity contribution in [2.75, 3.05) is 32.1 Å². The van der Waals surface area contributed by atoms with Crippen molar-refractivity contribution in [3.8, 4) is 0 Å². The molecule has 1 atom stereocenters. The predicted octanol–water partition coefficient (Wildman–Crippen LogP) is -0.213. The number of aromatic nitrogens is 2. The van der Waals surface area contributed by atoms with Gasteiger partial charge in [0.15, 0.2) is 0 Å². The van der Waals surface area contributed by atoms with Gasteiger partial charge in [-0.05, 0) is 0 Å². The predicted molar refractivity (Wildman–Crippen MR) is 68.8 cm³/mol. The zero-order valence-electron chi connectivity index (χ0n) is 11.3. The van der Waals surface area contributed by atoms with Gasteiger partial charge in [-0.3, -0.25) is 9.59 Å². The first-order chi connectivity index (χ1) is 8.83. The molecule has 2 heterocycles. The van der Waals surface area contributed by atoms with E-state index >= 15 is 0 Å². The molecule has 19 heavy (non-hydrogen) atoms. The maximum Gasteiger partial charge on any atom is 0.261 e. The van der Waals surface area contributed by atoms with Gasteiger partial charge in [-0.2, -0.15) is 0 Å². The number of alkyl halides is 1. The Kier molecular flexibility index (Phi) is 3.30. The van der Waals surface area contributed by atoms with E-state index in [9.17, 15) is 14.0 Å². The summed E-state index contributed by atoms with van der Waals surface area (Å²) >= 11 is 0. The lowest BCUT2D eigenvalue weighted by Crippen LogP contribution is -2.44. The molecule has 1 unspecified atom stereocenters. The van der Waals surface area contributed by atoms with E-state index in [1.54, 1.807) is 11.9 Å². The minimum atomic E-state index is -1.90. The largest absolute Gasteiger partial charge is 0.352 e. The molecular weight excluding hydrogens is 251 g/mol. The quantitative estimate of drug-likeness (QED) is 0.744. The summed E-state index contributed by atoms with van der Waals surface area (Å²) in [6.07, 6.45) is 1.50. The highest BCUT2D eigenvalue weighted by atomic mass is 19.1. The van der Waals surface area contributed by atoms with Crippen LogP contribution in [0, 0.1) is 0 Å². The van der Waals surface area contributed by atoms with E-state index in [-0.39, 0.29) is 18.5 Å². The number of halogens is 1. The van der Waals surface area contributed by atoms with Crippen molar-refractivity contribution in [1.29, 1.82) is 0 Å². The summed E-state index contributed by atoms with van der Waals surface area (Å²) < 4.78 is 15.9. The standard InChI is InChI=1S/C12H17FN4O2/c1-15(2)11(19)12(13)4-5-17(7-12)9-6-10(18)16(3)8-14-9/h6,8H,4-5,7H2,1-3H3. The van der Waals surface area contributed by atoms with Gasteiger partial charge in [0.2, 0.25) is 5.67 Å². The van der Waals surface area contributed by atoms with Crippen molar-refractivity contribution in [2.45, 2.75) is 12.1 Å². The molecule has 0 aliphatic carbocycles. The van der Waals surface area contributed by atoms with Gasteiger partial charge in [0, 0.05) is 40.2 Å². The minimum absolute atomic E-state index is 0.0653. The summed E-state index contributed by atoms with van der Waals surface area (Å²) in [5.41, 5.74) is -2.10. The molecular formula is C12H17FN4O2. The summed E-state index contributed by atoms with van der Waals surface area (Å²) in [6, 6.07) is 1.35. The number of hydrogen-bond donors (Lipinski definition) is 0. The Hall–Kier alpha value is -1.92. The van der Waals surface area contributed by atoms with Crippen LogP contribution in [-0.2, 0) is 11.8 Å². The Balaban J connectivity index is 2.20. The fourth-order valence-electron chi connectivity index (χ4n) is 2.17. The number of carbonyl (C=O) groups is 1. The van der Waals surface area contributed by atoms with E-state index in [4.69, 9.17) is 0 Å². The van der Waals surface area contributed by atoms with Crippen LogP contribution in [0.25, 0.3) is 0 Å². The number of amides is 1. The maximum absolute atomic E-state index is 14.5. The van der Waals surface area contributed by atoms with Crippen molar-refractivity contribution >= 4 is 11.7 Å². The number of carbonyl (C=O) groups excluding carboxylic acids is 1. The molecule has 6 nitrogen and oxygen atoms in total. The van der Waals surface area contributed by atoms with Crippen LogP contribution in [0.2, 0.25) is 0 Å². The third-order valence-corrected chi connectivity index (χ3v) is 3.30. The van der Waals surface area contributed by atoms with Crippen LogP contribution < -0.4 is 10.5 Å². The number of nitrogens with zero attached hydrogens (tertiary/aromatic N) is 4. The van der Waals surface area contributed by atoms with Gasteiger partial charge in [-0.25, -0.2) is 9.37 Å². The molecule has 7 heteroatoms. The Bertz CT molecular complexity index is 557. The molecule has 0 aromatic carbocycles. The minimum Gasteiger partial charge on any atom is -0.352 e. The highest BCUT2D eigenvalue weighted by Gasteiger charge is 2.46. The summed E-state index contributed by atoms with van der Waals surface area (Å²) in [4.78, 5) is 30.3. The lowest BCUT2D eigenvalue weighted by Gasteiger charge is -2.23. The van der Waals surface area contributed by atoms with E-state index in [0.29, 0.717) is 12.4 Å². The second kappa shape index (κ2) is 4.64. The smallest absolute Gasteiger partial charge is 0.261 e. The maximum atomic E-state index is 14.5. The van der Waals surface area contributed by atoms with Crippen LogP contribution in [0.1, 0.15) is 6.42 Å². The normalized spacial score (nSPS) is 22.6. The van der Waals surface area contributed by atoms with Crippen LogP contribution >= 0.6 is 0 Å². The van der Waals surface area contributed by atoms with Gasteiger partial charge in [0.1, 0.15) is 5.82 Å². The molecule has 1 aliphatic heterocycles. The first-order valence-electron chi connectivity index (χ1n) is 6.02. The molecule has 1 saturated heterocycles. The number of rotatable bonds is 2. The average Bonchev–Trinajstić information content (AvgIpc) is 2.75. The molecule has 1 amide bonds. The van der Waals surface area contributed by atoms with Crippen molar-refractivity contribution in [2.24, 2.45) is 7.05 Å². The SMILES string of the molecule is CN(C)C(=O)C1(F)CCN(c2cc(=O)n(C)cn2)C1. The number of hydrogen-bond acceptors (Lipinski definition) is 4. The lowest BCUT2D eigenvalue weighted by molar-refractivity contribution is -0.139. The molecule has 0 bridgehead atoms. The Morgan fingerprint density at radius 1 is 1.53 bits per heavy atom. The van der Waals surface area contributed by atoms with Crippen LogP contribution in [0.15, 0.2) is 17.2 Å². The lowest BCUT2D eigenvalue weighted by atomic mass is 10.0. The number of aryl methyl sites for hydroxylation is 1. The second-order valence-corrected chi connectivity index (χ2v) is 5.03. The highest BCUT2D eigenvalue weighted by molar-refractivity contribution is 5.86. The van der Waals surface area contributed by atoms with Crippen LogP contribution in [-0.4, -0.2) is 53.2 Å². The molecule has 1 aromatic heterocycles. The van der Waals surface area contributed by atoms with Crippen LogP contribution in [0.4, 0.5) is 10.2 Å². The van der Waals surface area contributed by atoms with Gasteiger partial charge in [0.05, 0.1) is 12.9 Å². The van der Waals surface area contributed by atoms with Crippen LogP contribution in [0.5, 0.6) is 0 Å². The topological polar surface area (TPSA) is 58.4 Å². The average molecular weight is 268 g/mol. The number of anilines is 1. The van der Waals surface area contributed by atoms with Crippen molar-refractivity contribution in [3.63, 3.8) is 0 Å². The summed E-state index contributed by atoms with van der Waals surface area (Å²) in [7, 11) is 4.66. The Morgan fingerprint density at radius 3 is 2.79 bits per heavy atom. The van der Waals surface area contributed by atoms with E-state index in [1.165, 1.54) is 36.0 Å². The second-order valence-electron chi connectivity index (χ2n) is 5.03. The zero-order chi connectivity index (χ0) is 14.2. The van der Waals surface area contributed by atoms with Crippen molar-refractivity contribution in [1.82, 2.24) is 14.5 Å². The zero-order valence-corrected chi connectivity index (χ0v) is 11.3. The summed E-state index contributed by atoms with van der Waals surface area (Å²) in [6.45, 7) is 0.306. The van der Waals surface area contributed by atoms with Gasteiger partial charge < -0.3 is 14.4 Å². The Labute approximate surface area is 110 Å². The molecule has 104 valence electrons. The van der Waals surface area contributed by atoms with E-state index in [2.05, 4.69) is 4.98 Å². The van der Waals surface area contributed by atoms with Gasteiger partial charge in [-0.1, -0.05) is 0 Å². The molecule has 0 saturated carbocycles. The fraction of sp³-hybridized carbons (Fsp3) is 0.583.